The van der Waals surface area contributed by atoms with Gasteiger partial charge in [0.15, 0.2) is 11.3 Å². The Balaban J connectivity index is 1.32. The smallest absolute Gasteiger partial charge is 0.259 e. The minimum absolute atomic E-state index is 0.00436. The van der Waals surface area contributed by atoms with E-state index in [4.69, 9.17) is 4.98 Å². The van der Waals surface area contributed by atoms with Crippen LogP contribution in [0, 0.1) is 0 Å². The van der Waals surface area contributed by atoms with E-state index in [2.05, 4.69) is 27.2 Å². The van der Waals surface area contributed by atoms with Crippen LogP contribution in [0.3, 0.4) is 0 Å². The van der Waals surface area contributed by atoms with Gasteiger partial charge in [-0.1, -0.05) is 0 Å². The molecule has 1 aliphatic heterocycles. The highest BCUT2D eigenvalue weighted by Crippen LogP contribution is 2.28. The summed E-state index contributed by atoms with van der Waals surface area (Å²) in [6.45, 7) is 1.41. The topological polar surface area (TPSA) is 76.3 Å². The number of likely N-dealkylation sites (tertiary alicyclic amines) is 1. The average Bonchev–Trinajstić information content (AvgIpc) is 3.17. The molecule has 7 heteroatoms. The number of piperidine rings is 1. The maximum atomic E-state index is 12.9. The van der Waals surface area contributed by atoms with Crippen molar-refractivity contribution in [3.63, 3.8) is 0 Å². The number of rotatable bonds is 2. The molecule has 134 valence electrons. The van der Waals surface area contributed by atoms with Crippen LogP contribution in [0.25, 0.3) is 16.7 Å². The second kappa shape index (κ2) is 6.42. The van der Waals surface area contributed by atoms with Gasteiger partial charge in [-0.3, -0.25) is 4.79 Å². The minimum atomic E-state index is -0.00436. The molecule has 5 rings (SSSR count). The molecular weight excluding hydrogens is 340 g/mol. The van der Waals surface area contributed by atoms with Crippen molar-refractivity contribution in [2.45, 2.75) is 18.8 Å². The molecule has 0 bridgehead atoms. The fourth-order valence-electron chi connectivity index (χ4n) is 3.72. The maximum Gasteiger partial charge on any atom is 0.259 e. The lowest BCUT2D eigenvalue weighted by atomic mass is 9.92. The van der Waals surface area contributed by atoms with Crippen molar-refractivity contribution in [3.8, 4) is 0 Å². The van der Waals surface area contributed by atoms with Gasteiger partial charge < -0.3 is 4.90 Å². The summed E-state index contributed by atoms with van der Waals surface area (Å²) < 4.78 is 1.63. The Morgan fingerprint density at radius 1 is 1.04 bits per heavy atom. The van der Waals surface area contributed by atoms with Crippen LogP contribution in [-0.2, 0) is 0 Å². The zero-order valence-corrected chi connectivity index (χ0v) is 14.7. The van der Waals surface area contributed by atoms with E-state index in [0.717, 1.165) is 29.6 Å². The van der Waals surface area contributed by atoms with Crippen LogP contribution < -0.4 is 0 Å². The lowest BCUT2D eigenvalue weighted by Crippen LogP contribution is -2.38. The Hall–Kier alpha value is -3.35. The second-order valence-corrected chi connectivity index (χ2v) is 6.80. The van der Waals surface area contributed by atoms with Crippen LogP contribution in [0.4, 0.5) is 0 Å². The first-order valence-electron chi connectivity index (χ1n) is 9.09. The molecule has 27 heavy (non-hydrogen) atoms. The highest BCUT2D eigenvalue weighted by molar-refractivity contribution is 5.99. The van der Waals surface area contributed by atoms with Crippen molar-refractivity contribution in [2.24, 2.45) is 0 Å². The number of carbonyl (C=O) groups is 1. The molecule has 7 nitrogen and oxygen atoms in total. The van der Waals surface area contributed by atoms with E-state index < -0.39 is 0 Å². The van der Waals surface area contributed by atoms with Crippen molar-refractivity contribution >= 4 is 22.6 Å². The number of pyridine rings is 2. The summed E-state index contributed by atoms with van der Waals surface area (Å²) in [6.07, 6.45) is 8.63. The molecule has 1 saturated heterocycles. The van der Waals surface area contributed by atoms with Crippen molar-refractivity contribution in [3.05, 3.63) is 66.4 Å². The SMILES string of the molecule is O=C(c1cnn2cccnc12)N1CCC(c2ccc3cccnc3n2)CC1. The number of fused-ring (bicyclic) bond motifs is 2. The summed E-state index contributed by atoms with van der Waals surface area (Å²) in [7, 11) is 0. The van der Waals surface area contributed by atoms with Gasteiger partial charge in [-0.25, -0.2) is 19.5 Å². The molecule has 0 aliphatic carbocycles. The zero-order valence-electron chi connectivity index (χ0n) is 14.7. The third-order valence-corrected chi connectivity index (χ3v) is 5.20. The predicted molar refractivity (Wildman–Crippen MR) is 100 cm³/mol. The molecule has 1 amide bonds. The predicted octanol–water partition coefficient (Wildman–Crippen LogP) is 2.69. The molecule has 1 aliphatic rings. The molecule has 4 aromatic rings. The highest BCUT2D eigenvalue weighted by Gasteiger charge is 2.27. The first kappa shape index (κ1) is 15.9. The molecule has 4 aromatic heterocycles. The normalized spacial score (nSPS) is 15.5. The molecule has 0 spiro atoms. The van der Waals surface area contributed by atoms with E-state index in [1.54, 1.807) is 35.4 Å². The van der Waals surface area contributed by atoms with Crippen LogP contribution in [0.1, 0.15) is 34.8 Å². The van der Waals surface area contributed by atoms with E-state index >= 15 is 0 Å². The van der Waals surface area contributed by atoms with Gasteiger partial charge in [-0.15, -0.1) is 0 Å². The van der Waals surface area contributed by atoms with Crippen molar-refractivity contribution in [2.75, 3.05) is 13.1 Å². The van der Waals surface area contributed by atoms with E-state index in [0.29, 0.717) is 30.2 Å². The zero-order chi connectivity index (χ0) is 18.2. The van der Waals surface area contributed by atoms with Crippen LogP contribution in [0.15, 0.2) is 55.1 Å². The summed E-state index contributed by atoms with van der Waals surface area (Å²) in [5.74, 6) is 0.345. The first-order valence-corrected chi connectivity index (χ1v) is 9.09. The van der Waals surface area contributed by atoms with Gasteiger partial charge in [0, 0.05) is 48.7 Å². The molecular formula is C20H18N6O. The molecule has 0 unspecified atom stereocenters. The Labute approximate surface area is 155 Å². The van der Waals surface area contributed by atoms with Gasteiger partial charge in [0.05, 0.1) is 6.20 Å². The van der Waals surface area contributed by atoms with Crippen LogP contribution in [0.2, 0.25) is 0 Å². The number of carbonyl (C=O) groups excluding carboxylic acids is 1. The summed E-state index contributed by atoms with van der Waals surface area (Å²) in [4.78, 5) is 28.1. The fourth-order valence-corrected chi connectivity index (χ4v) is 3.72. The summed E-state index contributed by atoms with van der Waals surface area (Å²) in [5, 5.41) is 5.27. The average molecular weight is 358 g/mol. The Kier molecular flexibility index (Phi) is 3.78. The fraction of sp³-hybridized carbons (Fsp3) is 0.250. The molecule has 0 atom stereocenters. The second-order valence-electron chi connectivity index (χ2n) is 6.80. The molecule has 1 fully saturated rings. The van der Waals surface area contributed by atoms with Gasteiger partial charge in [-0.2, -0.15) is 5.10 Å². The Morgan fingerprint density at radius 2 is 1.89 bits per heavy atom. The van der Waals surface area contributed by atoms with E-state index in [9.17, 15) is 4.79 Å². The van der Waals surface area contributed by atoms with E-state index in [-0.39, 0.29) is 5.91 Å². The van der Waals surface area contributed by atoms with Gasteiger partial charge in [0.2, 0.25) is 0 Å². The lowest BCUT2D eigenvalue weighted by Gasteiger charge is -2.31. The monoisotopic (exact) mass is 358 g/mol. The Morgan fingerprint density at radius 3 is 2.78 bits per heavy atom. The number of hydrogen-bond acceptors (Lipinski definition) is 5. The largest absolute Gasteiger partial charge is 0.338 e. The molecule has 0 aromatic carbocycles. The number of nitrogens with zero attached hydrogens (tertiary/aromatic N) is 6. The molecule has 0 radical (unpaired) electrons. The molecule has 0 saturated carbocycles. The van der Waals surface area contributed by atoms with Crippen LogP contribution in [0.5, 0.6) is 0 Å². The van der Waals surface area contributed by atoms with E-state index in [1.165, 1.54) is 0 Å². The van der Waals surface area contributed by atoms with E-state index in [1.807, 2.05) is 17.0 Å². The maximum absolute atomic E-state index is 12.9. The third kappa shape index (κ3) is 2.81. The minimum Gasteiger partial charge on any atom is -0.338 e. The quantitative estimate of drug-likeness (QED) is 0.551. The van der Waals surface area contributed by atoms with Crippen LogP contribution >= 0.6 is 0 Å². The van der Waals surface area contributed by atoms with Crippen LogP contribution in [-0.4, -0.2) is 48.5 Å². The van der Waals surface area contributed by atoms with Gasteiger partial charge in [0.1, 0.15) is 5.56 Å². The Bertz CT molecular complexity index is 1130. The van der Waals surface area contributed by atoms with Crippen molar-refractivity contribution < 1.29 is 4.79 Å². The molecule has 0 N–H and O–H groups in total. The lowest BCUT2D eigenvalue weighted by molar-refractivity contribution is 0.0714. The van der Waals surface area contributed by atoms with Crippen molar-refractivity contribution in [1.29, 1.82) is 0 Å². The number of amides is 1. The number of hydrogen-bond donors (Lipinski definition) is 0. The summed E-state index contributed by atoms with van der Waals surface area (Å²) in [5.41, 5.74) is 3.01. The van der Waals surface area contributed by atoms with Crippen molar-refractivity contribution in [1.82, 2.24) is 29.5 Å². The molecule has 5 heterocycles. The standard InChI is InChI=1S/C20H18N6O/c27-20(16-13-23-26-10-2-9-22-19(16)26)25-11-6-14(7-12-25)17-5-4-15-3-1-8-21-18(15)24-17/h1-5,8-10,13-14H,6-7,11-12H2. The summed E-state index contributed by atoms with van der Waals surface area (Å²) in [6, 6.07) is 9.90. The number of aromatic nitrogens is 5. The van der Waals surface area contributed by atoms with Gasteiger partial charge in [-0.05, 0) is 43.2 Å². The van der Waals surface area contributed by atoms with Gasteiger partial charge in [0.25, 0.3) is 5.91 Å². The third-order valence-electron chi connectivity index (χ3n) is 5.20. The first-order chi connectivity index (χ1) is 13.3. The summed E-state index contributed by atoms with van der Waals surface area (Å²) >= 11 is 0. The van der Waals surface area contributed by atoms with Gasteiger partial charge >= 0.3 is 0 Å². The highest BCUT2D eigenvalue weighted by atomic mass is 16.2.